The zero-order chi connectivity index (χ0) is 9.40. The molecule has 0 saturated heterocycles. The molecule has 0 radical (unpaired) electrons. The van der Waals surface area contributed by atoms with Crippen LogP contribution >= 0.6 is 0 Å². The zero-order valence-electron chi connectivity index (χ0n) is 7.37. The van der Waals surface area contributed by atoms with Crippen molar-refractivity contribution >= 4 is 12.5 Å². The van der Waals surface area contributed by atoms with Crippen molar-refractivity contribution in [3.05, 3.63) is 0 Å². The molecule has 0 bridgehead atoms. The molecule has 0 heterocycles. The molecule has 0 aliphatic carbocycles. The van der Waals surface area contributed by atoms with Crippen LogP contribution in [0.3, 0.4) is 0 Å². The second-order valence-corrected chi connectivity index (χ2v) is 2.26. The molecule has 0 aliphatic rings. The van der Waals surface area contributed by atoms with Gasteiger partial charge < -0.3 is 4.74 Å². The first-order chi connectivity index (χ1) is 5.74. The maximum Gasteiger partial charge on any atom is 0.425 e. The van der Waals surface area contributed by atoms with Gasteiger partial charge in [0.2, 0.25) is 6.41 Å². The van der Waals surface area contributed by atoms with E-state index in [1.54, 1.807) is 0 Å². The van der Waals surface area contributed by atoms with Crippen LogP contribution in [-0.2, 0) is 9.53 Å². The smallest absolute Gasteiger partial charge is 0.425 e. The Kier molecular flexibility index (Phi) is 5.77. The number of amides is 2. The number of carbonyl (C=O) groups is 2. The van der Waals surface area contributed by atoms with Gasteiger partial charge in [0.25, 0.3) is 0 Å². The fourth-order valence-corrected chi connectivity index (χ4v) is 0.626. The molecule has 2 amide bonds. The topological polar surface area (TPSA) is 58.6 Å². The summed E-state index contributed by atoms with van der Waals surface area (Å²) in [6, 6.07) is 0. The van der Waals surface area contributed by atoms with E-state index in [0.29, 0.717) is 13.0 Å². The number of ether oxygens (including phenoxy) is 1. The molecule has 5 nitrogen and oxygen atoms in total. The van der Waals surface area contributed by atoms with Crippen LogP contribution in [0.15, 0.2) is 0 Å². The molecule has 0 aromatic heterocycles. The van der Waals surface area contributed by atoms with Gasteiger partial charge in [0.05, 0.1) is 7.11 Å². The Morgan fingerprint density at radius 1 is 1.67 bits per heavy atom. The molecule has 0 fully saturated rings. The fourth-order valence-electron chi connectivity index (χ4n) is 0.626. The van der Waals surface area contributed by atoms with Crippen molar-refractivity contribution in [3.63, 3.8) is 0 Å². The van der Waals surface area contributed by atoms with Gasteiger partial charge in [-0.2, -0.15) is 0 Å². The third-order valence-electron chi connectivity index (χ3n) is 1.30. The normalized spacial score (nSPS) is 8.83. The average Bonchev–Trinajstić information content (AvgIpc) is 2.11. The summed E-state index contributed by atoms with van der Waals surface area (Å²) in [5, 5.41) is 1.16. The molecule has 0 aromatic rings. The van der Waals surface area contributed by atoms with E-state index in [0.717, 1.165) is 17.9 Å². The molecule has 70 valence electrons. The molecular formula is C7H14N2O3. The van der Waals surface area contributed by atoms with Crippen LogP contribution in [0.2, 0.25) is 0 Å². The molecule has 0 spiro atoms. The van der Waals surface area contributed by atoms with Gasteiger partial charge in [-0.3, -0.25) is 9.80 Å². The second-order valence-electron chi connectivity index (χ2n) is 2.26. The number of methoxy groups -OCH3 is 1. The Labute approximate surface area is 71.6 Å². The summed E-state index contributed by atoms with van der Waals surface area (Å²) in [7, 11) is 1.25. The Morgan fingerprint density at radius 3 is 2.75 bits per heavy atom. The average molecular weight is 174 g/mol. The van der Waals surface area contributed by atoms with Crippen LogP contribution in [0.5, 0.6) is 0 Å². The molecule has 0 atom stereocenters. The highest BCUT2D eigenvalue weighted by Crippen LogP contribution is 1.88. The lowest BCUT2D eigenvalue weighted by Gasteiger charge is -2.16. The van der Waals surface area contributed by atoms with Crippen LogP contribution in [-0.4, -0.2) is 31.2 Å². The van der Waals surface area contributed by atoms with Gasteiger partial charge in [0, 0.05) is 6.54 Å². The van der Waals surface area contributed by atoms with E-state index >= 15 is 0 Å². The molecule has 12 heavy (non-hydrogen) atoms. The molecule has 1 N–H and O–H groups in total. The number of carbonyl (C=O) groups excluding carboxylic acids is 2. The van der Waals surface area contributed by atoms with Crippen molar-refractivity contribution in [1.29, 1.82) is 0 Å². The Hall–Kier alpha value is -1.26. The van der Waals surface area contributed by atoms with E-state index in [1.807, 2.05) is 6.92 Å². The van der Waals surface area contributed by atoms with E-state index in [9.17, 15) is 9.59 Å². The van der Waals surface area contributed by atoms with Crippen LogP contribution in [0.25, 0.3) is 0 Å². The van der Waals surface area contributed by atoms with Crippen molar-refractivity contribution in [2.75, 3.05) is 13.7 Å². The molecule has 0 saturated carbocycles. The van der Waals surface area contributed by atoms with Crippen LogP contribution < -0.4 is 5.43 Å². The summed E-state index contributed by atoms with van der Waals surface area (Å²) < 4.78 is 4.31. The lowest BCUT2D eigenvalue weighted by molar-refractivity contribution is -0.120. The largest absolute Gasteiger partial charge is 0.452 e. The minimum absolute atomic E-state index is 0.509. The van der Waals surface area contributed by atoms with E-state index < -0.39 is 6.09 Å². The summed E-state index contributed by atoms with van der Waals surface area (Å²) in [4.78, 5) is 20.9. The number of hydrazine groups is 1. The van der Waals surface area contributed by atoms with E-state index in [1.165, 1.54) is 7.11 Å². The number of hydrogen-bond donors (Lipinski definition) is 1. The van der Waals surface area contributed by atoms with Crippen LogP contribution in [0, 0.1) is 0 Å². The van der Waals surface area contributed by atoms with Gasteiger partial charge in [-0.15, -0.1) is 0 Å². The number of hydrogen-bond acceptors (Lipinski definition) is 3. The summed E-state index contributed by atoms with van der Waals surface area (Å²) in [6.45, 7) is 2.51. The van der Waals surface area contributed by atoms with Gasteiger partial charge in [-0.1, -0.05) is 13.3 Å². The molecule has 0 aliphatic heterocycles. The second kappa shape index (κ2) is 6.45. The third-order valence-corrected chi connectivity index (χ3v) is 1.30. The van der Waals surface area contributed by atoms with Crippen molar-refractivity contribution in [1.82, 2.24) is 10.4 Å². The standard InChI is InChI=1S/C7H14N2O3/c1-3-4-5-9(6-10)8-7(11)12-2/h6H,3-5H2,1-2H3,(H,8,11). The Morgan fingerprint density at radius 2 is 2.33 bits per heavy atom. The van der Waals surface area contributed by atoms with Crippen LogP contribution in [0.4, 0.5) is 4.79 Å². The minimum Gasteiger partial charge on any atom is -0.452 e. The van der Waals surface area contributed by atoms with Crippen molar-refractivity contribution in [3.8, 4) is 0 Å². The molecular weight excluding hydrogens is 160 g/mol. The summed E-state index contributed by atoms with van der Waals surface area (Å²) in [6.07, 6.45) is 1.75. The van der Waals surface area contributed by atoms with E-state index in [4.69, 9.17) is 0 Å². The fraction of sp³-hybridized carbons (Fsp3) is 0.714. The summed E-state index contributed by atoms with van der Waals surface area (Å²) >= 11 is 0. The first-order valence-electron chi connectivity index (χ1n) is 3.81. The highest BCUT2D eigenvalue weighted by molar-refractivity contribution is 5.68. The molecule has 0 rings (SSSR count). The van der Waals surface area contributed by atoms with Gasteiger partial charge >= 0.3 is 6.09 Å². The maximum atomic E-state index is 10.6. The van der Waals surface area contributed by atoms with Crippen molar-refractivity contribution < 1.29 is 14.3 Å². The highest BCUT2D eigenvalue weighted by atomic mass is 16.5. The highest BCUT2D eigenvalue weighted by Gasteiger charge is 2.04. The molecule has 0 aromatic carbocycles. The predicted molar refractivity (Wildman–Crippen MR) is 43.2 cm³/mol. The summed E-state index contributed by atoms with van der Waals surface area (Å²) in [5.74, 6) is 0. The Bertz CT molecular complexity index is 150. The predicted octanol–water partition coefficient (Wildman–Crippen LogP) is 0.516. The maximum absolute atomic E-state index is 10.6. The first-order valence-corrected chi connectivity index (χ1v) is 3.81. The lowest BCUT2D eigenvalue weighted by atomic mass is 10.3. The SMILES string of the molecule is CCCCN(C=O)NC(=O)OC. The van der Waals surface area contributed by atoms with Gasteiger partial charge in [0.1, 0.15) is 0 Å². The van der Waals surface area contributed by atoms with Gasteiger partial charge in [-0.25, -0.2) is 10.2 Å². The molecule has 0 unspecified atom stereocenters. The Balaban J connectivity index is 3.66. The van der Waals surface area contributed by atoms with Crippen molar-refractivity contribution in [2.45, 2.75) is 19.8 Å². The number of nitrogens with zero attached hydrogens (tertiary/aromatic N) is 1. The van der Waals surface area contributed by atoms with Crippen molar-refractivity contribution in [2.24, 2.45) is 0 Å². The van der Waals surface area contributed by atoms with E-state index in [-0.39, 0.29) is 0 Å². The number of rotatable bonds is 5. The quantitative estimate of drug-likeness (QED) is 0.488. The minimum atomic E-state index is -0.627. The van der Waals surface area contributed by atoms with E-state index in [2.05, 4.69) is 10.2 Å². The lowest BCUT2D eigenvalue weighted by Crippen LogP contribution is -2.41. The third kappa shape index (κ3) is 4.54. The van der Waals surface area contributed by atoms with Crippen LogP contribution in [0.1, 0.15) is 19.8 Å². The summed E-state index contributed by atoms with van der Waals surface area (Å²) in [5.41, 5.74) is 2.26. The first kappa shape index (κ1) is 10.7. The number of nitrogens with one attached hydrogen (secondary N) is 1. The zero-order valence-corrected chi connectivity index (χ0v) is 7.37. The van der Waals surface area contributed by atoms with Gasteiger partial charge in [-0.05, 0) is 6.42 Å². The molecule has 5 heteroatoms. The van der Waals surface area contributed by atoms with Gasteiger partial charge in [0.15, 0.2) is 0 Å². The monoisotopic (exact) mass is 174 g/mol. The number of unbranched alkanes of at least 4 members (excludes halogenated alkanes) is 1.